The minimum absolute atomic E-state index is 0.263. The summed E-state index contributed by atoms with van der Waals surface area (Å²) in [5.74, 6) is 2.48. The molecule has 3 aromatic heterocycles. The van der Waals surface area contributed by atoms with Gasteiger partial charge < -0.3 is 5.73 Å². The maximum Gasteiger partial charge on any atom is 0.223 e. The summed E-state index contributed by atoms with van der Waals surface area (Å²) in [6.07, 6.45) is 0.968. The van der Waals surface area contributed by atoms with E-state index >= 15 is 0 Å². The van der Waals surface area contributed by atoms with Gasteiger partial charge in [-0.15, -0.1) is 16.4 Å². The molecule has 0 fully saturated rings. The van der Waals surface area contributed by atoms with Crippen LogP contribution in [0, 0.1) is 13.8 Å². The lowest BCUT2D eigenvalue weighted by Gasteiger charge is -2.04. The first-order valence-corrected chi connectivity index (χ1v) is 6.86. The number of aromatic nitrogens is 5. The molecule has 0 aliphatic rings. The summed E-state index contributed by atoms with van der Waals surface area (Å²) in [4.78, 5) is 15.1. The van der Waals surface area contributed by atoms with E-state index in [0.29, 0.717) is 11.6 Å². The quantitative estimate of drug-likeness (QED) is 0.773. The zero-order valence-electron chi connectivity index (χ0n) is 11.0. The van der Waals surface area contributed by atoms with E-state index in [9.17, 15) is 0 Å². The lowest BCUT2D eigenvalue weighted by molar-refractivity contribution is 0.810. The standard InChI is InChI=1S/C12H14N6S/c1-4-8-5-9-10(15-12(13)16-11(9)19-8)18-7(3)14-6(2)17-18/h5H,4H2,1-3H3,(H2,13,15,16). The zero-order valence-corrected chi connectivity index (χ0v) is 11.8. The highest BCUT2D eigenvalue weighted by Gasteiger charge is 2.15. The SMILES string of the molecule is CCc1cc2c(-n3nc(C)nc3C)nc(N)nc2s1. The van der Waals surface area contributed by atoms with Gasteiger partial charge in [-0.1, -0.05) is 6.92 Å². The molecule has 3 heterocycles. The van der Waals surface area contributed by atoms with Crippen LogP contribution in [-0.2, 0) is 6.42 Å². The van der Waals surface area contributed by atoms with E-state index < -0.39 is 0 Å². The predicted molar refractivity (Wildman–Crippen MR) is 75.6 cm³/mol. The Bertz CT molecular complexity index is 757. The van der Waals surface area contributed by atoms with Crippen molar-refractivity contribution in [3.8, 4) is 5.82 Å². The van der Waals surface area contributed by atoms with Gasteiger partial charge in [0.1, 0.15) is 16.5 Å². The molecular formula is C12H14N6S. The van der Waals surface area contributed by atoms with Crippen molar-refractivity contribution in [3.05, 3.63) is 22.6 Å². The average molecular weight is 274 g/mol. The monoisotopic (exact) mass is 274 g/mol. The lowest BCUT2D eigenvalue weighted by Crippen LogP contribution is -2.06. The smallest absolute Gasteiger partial charge is 0.223 e. The summed E-state index contributed by atoms with van der Waals surface area (Å²) < 4.78 is 1.72. The highest BCUT2D eigenvalue weighted by Crippen LogP contribution is 2.29. The van der Waals surface area contributed by atoms with Gasteiger partial charge in [-0.2, -0.15) is 9.67 Å². The van der Waals surface area contributed by atoms with Crippen LogP contribution in [0.15, 0.2) is 6.07 Å². The van der Waals surface area contributed by atoms with Gasteiger partial charge in [0.2, 0.25) is 5.95 Å². The minimum atomic E-state index is 0.263. The van der Waals surface area contributed by atoms with E-state index in [4.69, 9.17) is 5.73 Å². The van der Waals surface area contributed by atoms with Gasteiger partial charge in [-0.3, -0.25) is 0 Å². The normalized spacial score (nSPS) is 11.3. The van der Waals surface area contributed by atoms with Crippen LogP contribution in [0.1, 0.15) is 23.4 Å². The van der Waals surface area contributed by atoms with Gasteiger partial charge in [-0.25, -0.2) is 9.97 Å². The molecule has 0 unspecified atom stereocenters. The average Bonchev–Trinajstić information content (AvgIpc) is 2.91. The molecule has 0 atom stereocenters. The Morgan fingerprint density at radius 2 is 2.05 bits per heavy atom. The first-order chi connectivity index (χ1) is 9.08. The zero-order chi connectivity index (χ0) is 13.6. The highest BCUT2D eigenvalue weighted by molar-refractivity contribution is 7.18. The van der Waals surface area contributed by atoms with Crippen LogP contribution in [0.2, 0.25) is 0 Å². The van der Waals surface area contributed by atoms with Gasteiger partial charge >= 0.3 is 0 Å². The molecule has 0 spiro atoms. The second kappa shape index (κ2) is 4.27. The molecular weight excluding hydrogens is 260 g/mol. The van der Waals surface area contributed by atoms with Crippen LogP contribution < -0.4 is 5.73 Å². The van der Waals surface area contributed by atoms with E-state index in [0.717, 1.165) is 22.5 Å². The third-order valence-electron chi connectivity index (χ3n) is 2.86. The Labute approximate surface area is 114 Å². The molecule has 0 amide bonds. The molecule has 0 aliphatic carbocycles. The number of thiophene rings is 1. The number of nitrogen functional groups attached to an aromatic ring is 1. The number of nitrogens with zero attached hydrogens (tertiary/aromatic N) is 5. The number of aryl methyl sites for hydroxylation is 3. The van der Waals surface area contributed by atoms with Crippen molar-refractivity contribution in [2.75, 3.05) is 5.73 Å². The molecule has 2 N–H and O–H groups in total. The van der Waals surface area contributed by atoms with Gasteiger partial charge in [-0.05, 0) is 26.3 Å². The van der Waals surface area contributed by atoms with Crippen LogP contribution in [0.3, 0.4) is 0 Å². The molecule has 0 radical (unpaired) electrons. The molecule has 6 nitrogen and oxygen atoms in total. The van der Waals surface area contributed by atoms with E-state index in [1.54, 1.807) is 16.0 Å². The van der Waals surface area contributed by atoms with Crippen molar-refractivity contribution in [3.63, 3.8) is 0 Å². The number of anilines is 1. The second-order valence-electron chi connectivity index (χ2n) is 4.31. The fraction of sp³-hybridized carbons (Fsp3) is 0.333. The van der Waals surface area contributed by atoms with Gasteiger partial charge in [0.05, 0.1) is 5.39 Å². The second-order valence-corrected chi connectivity index (χ2v) is 5.42. The van der Waals surface area contributed by atoms with E-state index in [1.807, 2.05) is 13.8 Å². The van der Waals surface area contributed by atoms with Crippen LogP contribution >= 0.6 is 11.3 Å². The van der Waals surface area contributed by atoms with Crippen molar-refractivity contribution in [2.45, 2.75) is 27.2 Å². The number of fused-ring (bicyclic) bond motifs is 1. The third-order valence-corrected chi connectivity index (χ3v) is 4.04. The third kappa shape index (κ3) is 1.95. The lowest BCUT2D eigenvalue weighted by atomic mass is 10.3. The topological polar surface area (TPSA) is 82.5 Å². The highest BCUT2D eigenvalue weighted by atomic mass is 32.1. The van der Waals surface area contributed by atoms with Gasteiger partial charge in [0, 0.05) is 4.88 Å². The molecule has 0 aromatic carbocycles. The van der Waals surface area contributed by atoms with Crippen molar-refractivity contribution in [2.24, 2.45) is 0 Å². The summed E-state index contributed by atoms with van der Waals surface area (Å²) in [6.45, 7) is 5.87. The Morgan fingerprint density at radius 3 is 2.68 bits per heavy atom. The largest absolute Gasteiger partial charge is 0.368 e. The summed E-state index contributed by atoms with van der Waals surface area (Å²) in [5.41, 5.74) is 5.79. The maximum absolute atomic E-state index is 5.79. The minimum Gasteiger partial charge on any atom is -0.368 e. The Morgan fingerprint density at radius 1 is 1.26 bits per heavy atom. The van der Waals surface area contributed by atoms with Crippen molar-refractivity contribution >= 4 is 27.5 Å². The van der Waals surface area contributed by atoms with Crippen LogP contribution in [0.25, 0.3) is 16.0 Å². The van der Waals surface area contributed by atoms with Crippen molar-refractivity contribution in [1.82, 2.24) is 24.7 Å². The molecule has 19 heavy (non-hydrogen) atoms. The summed E-state index contributed by atoms with van der Waals surface area (Å²) in [6, 6.07) is 2.10. The number of rotatable bonds is 2. The van der Waals surface area contributed by atoms with Crippen molar-refractivity contribution in [1.29, 1.82) is 0 Å². The molecule has 0 bridgehead atoms. The number of nitrogens with two attached hydrogens (primary N) is 1. The van der Waals surface area contributed by atoms with E-state index in [-0.39, 0.29) is 5.95 Å². The van der Waals surface area contributed by atoms with Crippen LogP contribution in [0.5, 0.6) is 0 Å². The Balaban J connectivity index is 2.33. The van der Waals surface area contributed by atoms with Crippen molar-refractivity contribution < 1.29 is 0 Å². The fourth-order valence-corrected chi connectivity index (χ4v) is 3.00. The van der Waals surface area contributed by atoms with E-state index in [2.05, 4.69) is 33.0 Å². The first-order valence-electron chi connectivity index (χ1n) is 6.05. The van der Waals surface area contributed by atoms with E-state index in [1.165, 1.54) is 4.88 Å². The summed E-state index contributed by atoms with van der Waals surface area (Å²) in [5, 5.41) is 5.35. The number of hydrogen-bond donors (Lipinski definition) is 1. The Kier molecular flexibility index (Phi) is 2.70. The molecule has 7 heteroatoms. The Hall–Kier alpha value is -2.02. The van der Waals surface area contributed by atoms with Gasteiger partial charge in [0.15, 0.2) is 5.82 Å². The maximum atomic E-state index is 5.79. The molecule has 0 aliphatic heterocycles. The molecule has 98 valence electrons. The van der Waals surface area contributed by atoms with Crippen LogP contribution in [-0.4, -0.2) is 24.7 Å². The number of hydrogen-bond acceptors (Lipinski definition) is 6. The van der Waals surface area contributed by atoms with Gasteiger partial charge in [0.25, 0.3) is 0 Å². The fourth-order valence-electron chi connectivity index (χ4n) is 2.03. The summed E-state index contributed by atoms with van der Waals surface area (Å²) >= 11 is 1.64. The molecule has 0 saturated heterocycles. The predicted octanol–water partition coefficient (Wildman–Crippen LogP) is 2.03. The van der Waals surface area contributed by atoms with Crippen LogP contribution in [0.4, 0.5) is 5.95 Å². The first kappa shape index (κ1) is 12.0. The molecule has 3 aromatic rings. The molecule has 0 saturated carbocycles. The summed E-state index contributed by atoms with van der Waals surface area (Å²) in [7, 11) is 0. The molecule has 3 rings (SSSR count).